The third-order valence-corrected chi connectivity index (χ3v) is 7.27. The summed E-state index contributed by atoms with van der Waals surface area (Å²) in [5, 5.41) is 23.0. The number of pyridine rings is 2. The van der Waals surface area contributed by atoms with Crippen LogP contribution in [-0.2, 0) is 6.54 Å². The molecule has 2 heterocycles. The first kappa shape index (κ1) is 28.4. The topological polar surface area (TPSA) is 111 Å². The van der Waals surface area contributed by atoms with Crippen molar-refractivity contribution in [3.8, 4) is 11.1 Å². The molecule has 0 aliphatic rings. The molecule has 41 heavy (non-hydrogen) atoms. The van der Waals surface area contributed by atoms with E-state index in [9.17, 15) is 4.79 Å². The standard InChI is InChI=1S/C32H33ClN6O2/c33-29-18-22(8-10-25(29)23-6-2-1-3-7-23)20-35-14-5-4-13-34-16-17-37-31-27-12-15-36-21-28(27)26-11-9-24(32(40)39-41)19-30(26)38-31/h1-3,6-12,15,18-19,21,34-35,41H,4-5,13-14,16-17,20H2,(H,37,38)(H,39,40). The van der Waals surface area contributed by atoms with Crippen molar-refractivity contribution in [1.82, 2.24) is 26.1 Å². The quantitative estimate of drug-likeness (QED) is 0.0529. The number of hydroxylamine groups is 1. The number of nitrogens with zero attached hydrogens (tertiary/aromatic N) is 2. The van der Waals surface area contributed by atoms with E-state index in [-0.39, 0.29) is 0 Å². The molecule has 9 heteroatoms. The van der Waals surface area contributed by atoms with Crippen LogP contribution in [0.5, 0.6) is 0 Å². The van der Waals surface area contributed by atoms with E-state index >= 15 is 0 Å². The summed E-state index contributed by atoms with van der Waals surface area (Å²) in [4.78, 5) is 20.9. The Morgan fingerprint density at radius 1 is 0.829 bits per heavy atom. The number of nitrogens with one attached hydrogen (secondary N) is 4. The van der Waals surface area contributed by atoms with Gasteiger partial charge in [-0.25, -0.2) is 10.5 Å². The minimum atomic E-state index is -0.573. The Hall–Kier alpha value is -4.08. The molecule has 0 unspecified atom stereocenters. The lowest BCUT2D eigenvalue weighted by Gasteiger charge is -2.12. The lowest BCUT2D eigenvalue weighted by atomic mass is 10.0. The third kappa shape index (κ3) is 7.17. The summed E-state index contributed by atoms with van der Waals surface area (Å²) in [5.41, 5.74) is 6.02. The number of unbranched alkanes of at least 4 members (excludes halogenated alkanes) is 1. The van der Waals surface area contributed by atoms with E-state index in [1.807, 2.05) is 36.4 Å². The first-order chi connectivity index (χ1) is 20.1. The van der Waals surface area contributed by atoms with Crippen molar-refractivity contribution in [2.24, 2.45) is 0 Å². The predicted molar refractivity (Wildman–Crippen MR) is 165 cm³/mol. The lowest BCUT2D eigenvalue weighted by molar-refractivity contribution is 0.0706. The second kappa shape index (κ2) is 14.0. The van der Waals surface area contributed by atoms with Crippen molar-refractivity contribution in [3.05, 3.63) is 101 Å². The predicted octanol–water partition coefficient (Wildman–Crippen LogP) is 5.79. The summed E-state index contributed by atoms with van der Waals surface area (Å²) in [6.07, 6.45) is 5.69. The number of rotatable bonds is 13. The van der Waals surface area contributed by atoms with Crippen molar-refractivity contribution < 1.29 is 10.0 Å². The van der Waals surface area contributed by atoms with E-state index in [0.29, 0.717) is 17.6 Å². The third-order valence-electron chi connectivity index (χ3n) is 6.96. The van der Waals surface area contributed by atoms with E-state index in [1.54, 1.807) is 30.0 Å². The van der Waals surface area contributed by atoms with E-state index in [1.165, 1.54) is 5.56 Å². The van der Waals surface area contributed by atoms with Gasteiger partial charge in [-0.1, -0.05) is 60.1 Å². The molecule has 0 fully saturated rings. The zero-order chi connectivity index (χ0) is 28.4. The van der Waals surface area contributed by atoms with Gasteiger partial charge in [0.15, 0.2) is 0 Å². The van der Waals surface area contributed by atoms with Crippen LogP contribution >= 0.6 is 11.6 Å². The highest BCUT2D eigenvalue weighted by molar-refractivity contribution is 6.33. The molecule has 0 saturated heterocycles. The number of benzene rings is 3. The average molecular weight is 569 g/mol. The highest BCUT2D eigenvalue weighted by atomic mass is 35.5. The largest absolute Gasteiger partial charge is 0.368 e. The van der Waals surface area contributed by atoms with Crippen LogP contribution < -0.4 is 21.4 Å². The number of amides is 1. The molecule has 210 valence electrons. The molecule has 0 aliphatic heterocycles. The van der Waals surface area contributed by atoms with Crippen LogP contribution in [0.2, 0.25) is 5.02 Å². The molecule has 5 aromatic rings. The van der Waals surface area contributed by atoms with Gasteiger partial charge in [0.1, 0.15) is 5.82 Å². The summed E-state index contributed by atoms with van der Waals surface area (Å²) >= 11 is 6.53. The molecular weight excluding hydrogens is 536 g/mol. The fraction of sp³-hybridized carbons (Fsp3) is 0.219. The van der Waals surface area contributed by atoms with Crippen molar-refractivity contribution >= 4 is 45.0 Å². The number of hydrogen-bond acceptors (Lipinski definition) is 7. The fourth-order valence-electron chi connectivity index (χ4n) is 4.84. The molecule has 0 saturated carbocycles. The Bertz CT molecular complexity index is 1630. The number of hydrogen-bond donors (Lipinski definition) is 5. The van der Waals surface area contributed by atoms with Gasteiger partial charge in [0.25, 0.3) is 5.91 Å². The van der Waals surface area contributed by atoms with E-state index in [2.05, 4.69) is 45.2 Å². The SMILES string of the molecule is O=C(NO)c1ccc2c(c1)nc(NCCNCCCCNCc1ccc(-c3ccccc3)c(Cl)c1)c1ccncc12. The molecule has 3 aromatic carbocycles. The maximum absolute atomic E-state index is 11.9. The molecular formula is C32H33ClN6O2. The van der Waals surface area contributed by atoms with Crippen LogP contribution in [-0.4, -0.2) is 47.3 Å². The van der Waals surface area contributed by atoms with Crippen LogP contribution in [0.15, 0.2) is 85.2 Å². The Morgan fingerprint density at radius 3 is 2.46 bits per heavy atom. The molecule has 0 bridgehead atoms. The molecule has 0 atom stereocenters. The normalized spacial score (nSPS) is 11.2. The Morgan fingerprint density at radius 2 is 1.66 bits per heavy atom. The molecule has 5 rings (SSSR count). The van der Waals surface area contributed by atoms with Crippen LogP contribution in [0.1, 0.15) is 28.8 Å². The van der Waals surface area contributed by atoms with E-state index < -0.39 is 5.91 Å². The van der Waals surface area contributed by atoms with Gasteiger partial charge in [-0.05, 0) is 61.3 Å². The van der Waals surface area contributed by atoms with Gasteiger partial charge >= 0.3 is 0 Å². The first-order valence-corrected chi connectivity index (χ1v) is 14.1. The second-order valence-corrected chi connectivity index (χ2v) is 10.2. The summed E-state index contributed by atoms with van der Waals surface area (Å²) in [7, 11) is 0. The summed E-state index contributed by atoms with van der Waals surface area (Å²) in [5.74, 6) is 0.162. The molecule has 5 N–H and O–H groups in total. The van der Waals surface area contributed by atoms with Crippen LogP contribution in [0.25, 0.3) is 32.8 Å². The number of anilines is 1. The number of carbonyl (C=O) groups excluding carboxylic acids is 1. The fourth-order valence-corrected chi connectivity index (χ4v) is 5.15. The van der Waals surface area contributed by atoms with Crippen LogP contribution in [0.3, 0.4) is 0 Å². The van der Waals surface area contributed by atoms with Crippen molar-refractivity contribution in [2.45, 2.75) is 19.4 Å². The number of aromatic nitrogens is 2. The monoisotopic (exact) mass is 568 g/mol. The smallest absolute Gasteiger partial charge is 0.274 e. The molecule has 1 amide bonds. The highest BCUT2D eigenvalue weighted by Gasteiger charge is 2.11. The minimum absolute atomic E-state index is 0.336. The molecule has 0 aliphatic carbocycles. The van der Waals surface area contributed by atoms with Crippen LogP contribution in [0.4, 0.5) is 5.82 Å². The van der Waals surface area contributed by atoms with Crippen molar-refractivity contribution in [2.75, 3.05) is 31.5 Å². The van der Waals surface area contributed by atoms with E-state index in [4.69, 9.17) is 21.8 Å². The zero-order valence-corrected chi connectivity index (χ0v) is 23.4. The Labute approximate surface area is 244 Å². The Balaban J connectivity index is 1.03. The van der Waals surface area contributed by atoms with Gasteiger partial charge in [0.05, 0.1) is 5.52 Å². The molecule has 0 spiro atoms. The van der Waals surface area contributed by atoms with Gasteiger partial charge in [0, 0.05) is 64.3 Å². The van der Waals surface area contributed by atoms with Gasteiger partial charge in [0.2, 0.25) is 0 Å². The maximum Gasteiger partial charge on any atom is 0.274 e. The summed E-state index contributed by atoms with van der Waals surface area (Å²) in [6.45, 7) is 4.15. The summed E-state index contributed by atoms with van der Waals surface area (Å²) < 4.78 is 0. The second-order valence-electron chi connectivity index (χ2n) is 9.80. The van der Waals surface area contributed by atoms with Crippen molar-refractivity contribution in [3.63, 3.8) is 0 Å². The number of fused-ring (bicyclic) bond motifs is 3. The number of carbonyl (C=O) groups is 1. The van der Waals surface area contributed by atoms with Crippen molar-refractivity contribution in [1.29, 1.82) is 0 Å². The highest BCUT2D eigenvalue weighted by Crippen LogP contribution is 2.30. The average Bonchev–Trinajstić information content (AvgIpc) is 3.01. The first-order valence-electron chi connectivity index (χ1n) is 13.7. The zero-order valence-electron chi connectivity index (χ0n) is 22.7. The number of halogens is 1. The van der Waals surface area contributed by atoms with E-state index in [0.717, 1.165) is 77.1 Å². The molecule has 8 nitrogen and oxygen atoms in total. The minimum Gasteiger partial charge on any atom is -0.368 e. The molecule has 2 aromatic heterocycles. The van der Waals surface area contributed by atoms with Crippen LogP contribution in [0, 0.1) is 0 Å². The van der Waals surface area contributed by atoms with Gasteiger partial charge in [-0.15, -0.1) is 0 Å². The summed E-state index contributed by atoms with van der Waals surface area (Å²) in [6, 6.07) is 23.5. The Kier molecular flexibility index (Phi) is 9.72. The lowest BCUT2D eigenvalue weighted by Crippen LogP contribution is -2.24. The maximum atomic E-state index is 11.9. The van der Waals surface area contributed by atoms with Gasteiger partial charge in [-0.2, -0.15) is 0 Å². The van der Waals surface area contributed by atoms with Gasteiger partial charge < -0.3 is 16.0 Å². The molecule has 0 radical (unpaired) electrons. The van der Waals surface area contributed by atoms with Gasteiger partial charge in [-0.3, -0.25) is 15.0 Å².